The molecule has 6 atom stereocenters. The highest BCUT2D eigenvalue weighted by molar-refractivity contribution is 6.23. The Hall–Kier alpha value is -0.820. The van der Waals surface area contributed by atoms with E-state index in [1.54, 1.807) is 6.08 Å². The first kappa shape index (κ1) is 13.8. The molecule has 4 rings (SSSR count). The summed E-state index contributed by atoms with van der Waals surface area (Å²) in [7, 11) is 0. The lowest BCUT2D eigenvalue weighted by Gasteiger charge is -2.57. The van der Waals surface area contributed by atoms with Gasteiger partial charge in [0.1, 0.15) is 0 Å². The number of halogens is 1. The van der Waals surface area contributed by atoms with E-state index in [9.17, 15) is 4.79 Å². The lowest BCUT2D eigenvalue weighted by Crippen LogP contribution is -2.51. The molecule has 4 aliphatic carbocycles. The molecular formula is C19H23ClO. The molecule has 0 aromatic rings. The molecule has 0 heterocycles. The van der Waals surface area contributed by atoms with Crippen LogP contribution in [0.3, 0.4) is 0 Å². The molecule has 21 heavy (non-hydrogen) atoms. The van der Waals surface area contributed by atoms with Crippen molar-refractivity contribution in [2.45, 2.75) is 44.9 Å². The number of hydrogen-bond donors (Lipinski definition) is 0. The van der Waals surface area contributed by atoms with Crippen LogP contribution in [-0.4, -0.2) is 11.2 Å². The highest BCUT2D eigenvalue weighted by atomic mass is 35.5. The van der Waals surface area contributed by atoms with Gasteiger partial charge in [-0.2, -0.15) is 0 Å². The maximum absolute atomic E-state index is 11.8. The van der Waals surface area contributed by atoms with Crippen LogP contribution >= 0.6 is 11.6 Å². The summed E-state index contributed by atoms with van der Waals surface area (Å²) in [5, 5.41) is 0.0214. The predicted molar refractivity (Wildman–Crippen MR) is 86.2 cm³/mol. The number of carbonyl (C=O) groups excluding carboxylic acids is 1. The Morgan fingerprint density at radius 1 is 1.24 bits per heavy atom. The lowest BCUT2D eigenvalue weighted by molar-refractivity contribution is -0.111. The maximum Gasteiger partial charge on any atom is 0.178 e. The summed E-state index contributed by atoms with van der Waals surface area (Å²) in [4.78, 5) is 11.8. The van der Waals surface area contributed by atoms with Crippen LogP contribution in [-0.2, 0) is 4.79 Å². The molecule has 0 bridgehead atoms. The Morgan fingerprint density at radius 3 is 2.86 bits per heavy atom. The fourth-order valence-corrected chi connectivity index (χ4v) is 6.19. The van der Waals surface area contributed by atoms with Crippen molar-refractivity contribution in [2.75, 3.05) is 0 Å². The second-order valence-corrected chi connectivity index (χ2v) is 8.41. The number of carbonyl (C=O) groups is 1. The van der Waals surface area contributed by atoms with Gasteiger partial charge in [-0.3, -0.25) is 4.79 Å². The minimum atomic E-state index is -0.00678. The average Bonchev–Trinajstić information content (AvgIpc) is 2.83. The zero-order valence-electron chi connectivity index (χ0n) is 12.8. The fourth-order valence-electron chi connectivity index (χ4n) is 5.68. The van der Waals surface area contributed by atoms with Gasteiger partial charge in [-0.1, -0.05) is 32.1 Å². The summed E-state index contributed by atoms with van der Waals surface area (Å²) in [5.74, 6) is 2.17. The molecule has 2 heteroatoms. The normalized spacial score (nSPS) is 51.2. The highest BCUT2D eigenvalue weighted by Crippen LogP contribution is 2.63. The monoisotopic (exact) mass is 302 g/mol. The Kier molecular flexibility index (Phi) is 2.86. The third kappa shape index (κ3) is 1.79. The molecule has 0 radical (unpaired) electrons. The van der Waals surface area contributed by atoms with Gasteiger partial charge in [-0.25, -0.2) is 0 Å². The molecule has 6 unspecified atom stereocenters. The van der Waals surface area contributed by atoms with Crippen molar-refractivity contribution in [2.24, 2.45) is 28.6 Å². The third-order valence-corrected chi connectivity index (χ3v) is 7.28. The number of hydrogen-bond acceptors (Lipinski definition) is 1. The molecule has 4 aliphatic rings. The van der Waals surface area contributed by atoms with Crippen LogP contribution in [0.4, 0.5) is 0 Å². The molecule has 2 saturated carbocycles. The van der Waals surface area contributed by atoms with E-state index >= 15 is 0 Å². The molecule has 0 aliphatic heterocycles. The quantitative estimate of drug-likeness (QED) is 0.469. The predicted octanol–water partition coefficient (Wildman–Crippen LogP) is 4.68. The first-order chi connectivity index (χ1) is 9.94. The van der Waals surface area contributed by atoms with Gasteiger partial charge >= 0.3 is 0 Å². The van der Waals surface area contributed by atoms with Crippen molar-refractivity contribution in [3.63, 3.8) is 0 Å². The molecule has 112 valence electrons. The summed E-state index contributed by atoms with van der Waals surface area (Å²) in [6, 6.07) is 0. The van der Waals surface area contributed by atoms with Crippen molar-refractivity contribution in [3.8, 4) is 0 Å². The number of fused-ring (bicyclic) bond motifs is 5. The van der Waals surface area contributed by atoms with Crippen molar-refractivity contribution in [1.29, 1.82) is 0 Å². The number of allylic oxidation sites excluding steroid dienone is 6. The van der Waals surface area contributed by atoms with E-state index in [2.05, 4.69) is 32.1 Å². The number of ketones is 1. The van der Waals surface area contributed by atoms with Crippen LogP contribution in [0.2, 0.25) is 0 Å². The summed E-state index contributed by atoms with van der Waals surface area (Å²) in [6.45, 7) is 4.73. The SMILES string of the molecule is CC12C=CCC1C1CC(Cl)C3=CC(=O)C=CC3(C)C1CC2. The second-order valence-electron chi connectivity index (χ2n) is 7.88. The molecule has 2 fully saturated rings. The minimum Gasteiger partial charge on any atom is -0.290 e. The summed E-state index contributed by atoms with van der Waals surface area (Å²) < 4.78 is 0. The largest absolute Gasteiger partial charge is 0.290 e. The van der Waals surface area contributed by atoms with Crippen LogP contribution in [0.15, 0.2) is 36.0 Å². The fraction of sp³-hybridized carbons (Fsp3) is 0.632. The molecule has 0 N–H and O–H groups in total. The number of rotatable bonds is 0. The molecule has 1 nitrogen and oxygen atoms in total. The van der Waals surface area contributed by atoms with E-state index in [0.29, 0.717) is 17.3 Å². The van der Waals surface area contributed by atoms with Gasteiger partial charge < -0.3 is 0 Å². The summed E-state index contributed by atoms with van der Waals surface area (Å²) in [5.41, 5.74) is 1.55. The second kappa shape index (κ2) is 4.35. The van der Waals surface area contributed by atoms with E-state index < -0.39 is 0 Å². The van der Waals surface area contributed by atoms with Crippen molar-refractivity contribution < 1.29 is 4.79 Å². The Labute approximate surface area is 132 Å². The van der Waals surface area contributed by atoms with Crippen LogP contribution in [0.25, 0.3) is 0 Å². The summed E-state index contributed by atoms with van der Waals surface area (Å²) in [6.07, 6.45) is 15.3. The molecule has 0 aromatic carbocycles. The average molecular weight is 303 g/mol. The van der Waals surface area contributed by atoms with Crippen molar-refractivity contribution >= 4 is 17.4 Å². The molecule has 0 amide bonds. The maximum atomic E-state index is 11.8. The molecular weight excluding hydrogens is 280 g/mol. The van der Waals surface area contributed by atoms with Gasteiger partial charge in [0.25, 0.3) is 0 Å². The van der Waals surface area contributed by atoms with Crippen LogP contribution < -0.4 is 0 Å². The smallest absolute Gasteiger partial charge is 0.178 e. The van der Waals surface area contributed by atoms with Crippen LogP contribution in [0, 0.1) is 28.6 Å². The van der Waals surface area contributed by atoms with Crippen molar-refractivity contribution in [3.05, 3.63) is 36.0 Å². The first-order valence-corrected chi connectivity index (χ1v) is 8.65. The minimum absolute atomic E-state index is 0.00678. The Balaban J connectivity index is 1.76. The molecule has 0 spiro atoms. The first-order valence-electron chi connectivity index (χ1n) is 8.21. The van der Waals surface area contributed by atoms with Crippen LogP contribution in [0.5, 0.6) is 0 Å². The van der Waals surface area contributed by atoms with Gasteiger partial charge in [0.05, 0.1) is 5.38 Å². The van der Waals surface area contributed by atoms with Crippen LogP contribution in [0.1, 0.15) is 39.5 Å². The Bertz CT molecular complexity index is 586. The van der Waals surface area contributed by atoms with E-state index in [1.807, 2.05) is 6.08 Å². The Morgan fingerprint density at radius 2 is 2.05 bits per heavy atom. The van der Waals surface area contributed by atoms with Gasteiger partial charge in [-0.05, 0) is 66.6 Å². The van der Waals surface area contributed by atoms with Gasteiger partial charge in [0.15, 0.2) is 5.78 Å². The van der Waals surface area contributed by atoms with E-state index in [1.165, 1.54) is 24.8 Å². The van der Waals surface area contributed by atoms with E-state index in [0.717, 1.165) is 12.3 Å². The highest BCUT2D eigenvalue weighted by Gasteiger charge is 2.56. The number of alkyl halides is 1. The van der Waals surface area contributed by atoms with Gasteiger partial charge in [-0.15, -0.1) is 11.6 Å². The van der Waals surface area contributed by atoms with E-state index in [-0.39, 0.29) is 16.6 Å². The lowest BCUT2D eigenvalue weighted by atomic mass is 9.48. The standard InChI is InChI=1S/C19H23ClO/c1-18-7-3-4-14(18)13-11-17(20)16-10-12(21)5-9-19(16,2)15(13)6-8-18/h3,5,7,9-10,13-15,17H,4,6,8,11H2,1-2H3. The summed E-state index contributed by atoms with van der Waals surface area (Å²) >= 11 is 6.73. The molecule has 0 saturated heterocycles. The zero-order valence-corrected chi connectivity index (χ0v) is 13.6. The third-order valence-electron chi connectivity index (χ3n) is 6.86. The van der Waals surface area contributed by atoms with Gasteiger partial charge in [0.2, 0.25) is 0 Å². The van der Waals surface area contributed by atoms with E-state index in [4.69, 9.17) is 11.6 Å². The van der Waals surface area contributed by atoms with Crippen molar-refractivity contribution in [1.82, 2.24) is 0 Å². The molecule has 0 aromatic heterocycles. The van der Waals surface area contributed by atoms with Gasteiger partial charge in [0, 0.05) is 5.41 Å². The zero-order chi connectivity index (χ0) is 14.8. The topological polar surface area (TPSA) is 17.1 Å².